The van der Waals surface area contributed by atoms with E-state index in [1.165, 1.54) is 12.1 Å². The molecule has 0 aliphatic carbocycles. The van der Waals surface area contributed by atoms with E-state index in [1.807, 2.05) is 7.05 Å². The molecule has 4 nitrogen and oxygen atoms in total. The minimum absolute atomic E-state index is 0.309. The van der Waals surface area contributed by atoms with Crippen LogP contribution >= 0.6 is 0 Å². The first-order valence-corrected chi connectivity index (χ1v) is 5.28. The van der Waals surface area contributed by atoms with Crippen molar-refractivity contribution in [2.45, 2.75) is 6.54 Å². The number of benzene rings is 1. The molecule has 0 aliphatic rings. The van der Waals surface area contributed by atoms with Crippen LogP contribution in [-0.2, 0) is 13.6 Å². The average molecular weight is 235 g/mol. The molecule has 0 spiro atoms. The molecule has 0 atom stereocenters. The van der Waals surface area contributed by atoms with Crippen LogP contribution in [0.3, 0.4) is 0 Å². The molecule has 0 fully saturated rings. The van der Waals surface area contributed by atoms with Crippen LogP contribution in [0.2, 0.25) is 0 Å². The van der Waals surface area contributed by atoms with E-state index in [2.05, 4.69) is 10.4 Å². The highest BCUT2D eigenvalue weighted by Crippen LogP contribution is 2.22. The van der Waals surface area contributed by atoms with Crippen molar-refractivity contribution >= 4 is 0 Å². The van der Waals surface area contributed by atoms with Gasteiger partial charge in [0.25, 0.3) is 0 Å². The first kappa shape index (κ1) is 11.6. The summed E-state index contributed by atoms with van der Waals surface area (Å²) in [5.41, 5.74) is 0.839. The highest BCUT2D eigenvalue weighted by Gasteiger charge is 2.04. The van der Waals surface area contributed by atoms with Gasteiger partial charge in [0.2, 0.25) is 0 Å². The second-order valence-corrected chi connectivity index (χ2v) is 3.78. The third-order valence-corrected chi connectivity index (χ3v) is 2.23. The lowest BCUT2D eigenvalue weighted by atomic mass is 10.2. The Labute approximate surface area is 99.0 Å². The number of nitrogens with zero attached hydrogens (tertiary/aromatic N) is 2. The fraction of sp³-hybridized carbons (Fsp3) is 0.250. The Bertz CT molecular complexity index is 510. The Hall–Kier alpha value is -1.88. The zero-order valence-electron chi connectivity index (χ0n) is 9.77. The van der Waals surface area contributed by atoms with E-state index in [9.17, 15) is 4.39 Å². The van der Waals surface area contributed by atoms with Crippen LogP contribution in [0.15, 0.2) is 30.6 Å². The SMILES string of the molecule is CNCc1cc(F)cc(Oc2cnn(C)c2)c1. The standard InChI is InChI=1S/C12H14FN3O/c1-14-6-9-3-10(13)5-11(4-9)17-12-7-15-16(2)8-12/h3-5,7-8,14H,6H2,1-2H3. The molecular formula is C12H14FN3O. The molecule has 0 saturated heterocycles. The average Bonchev–Trinajstić information content (AvgIpc) is 2.63. The molecule has 1 heterocycles. The van der Waals surface area contributed by atoms with Crippen LogP contribution in [0.5, 0.6) is 11.5 Å². The number of halogens is 1. The molecular weight excluding hydrogens is 221 g/mol. The maximum Gasteiger partial charge on any atom is 0.165 e. The Morgan fingerprint density at radius 1 is 1.35 bits per heavy atom. The van der Waals surface area contributed by atoms with Gasteiger partial charge in [0.1, 0.15) is 11.6 Å². The quantitative estimate of drug-likeness (QED) is 0.881. The summed E-state index contributed by atoms with van der Waals surface area (Å²) in [5, 5.41) is 6.95. The van der Waals surface area contributed by atoms with Gasteiger partial charge in [-0.1, -0.05) is 0 Å². The van der Waals surface area contributed by atoms with Gasteiger partial charge in [-0.15, -0.1) is 0 Å². The van der Waals surface area contributed by atoms with Gasteiger partial charge in [0, 0.05) is 19.7 Å². The number of aromatic nitrogens is 2. The van der Waals surface area contributed by atoms with Gasteiger partial charge in [-0.2, -0.15) is 5.10 Å². The van der Waals surface area contributed by atoms with E-state index in [0.717, 1.165) is 5.56 Å². The predicted octanol–water partition coefficient (Wildman–Crippen LogP) is 2.07. The lowest BCUT2D eigenvalue weighted by Gasteiger charge is -2.06. The second-order valence-electron chi connectivity index (χ2n) is 3.78. The third kappa shape index (κ3) is 3.04. The van der Waals surface area contributed by atoms with Crippen LogP contribution in [0.1, 0.15) is 5.56 Å². The third-order valence-electron chi connectivity index (χ3n) is 2.23. The minimum atomic E-state index is -0.309. The number of rotatable bonds is 4. The van der Waals surface area contributed by atoms with Crippen LogP contribution in [-0.4, -0.2) is 16.8 Å². The Kier molecular flexibility index (Phi) is 3.39. The van der Waals surface area contributed by atoms with Crippen molar-refractivity contribution in [1.29, 1.82) is 0 Å². The predicted molar refractivity (Wildman–Crippen MR) is 62.4 cm³/mol. The van der Waals surface area contributed by atoms with Crippen molar-refractivity contribution in [1.82, 2.24) is 15.1 Å². The van der Waals surface area contributed by atoms with Gasteiger partial charge in [-0.05, 0) is 24.7 Å². The van der Waals surface area contributed by atoms with Gasteiger partial charge in [0.05, 0.1) is 12.4 Å². The second kappa shape index (κ2) is 4.97. The van der Waals surface area contributed by atoms with Gasteiger partial charge in [-0.3, -0.25) is 4.68 Å². The van der Waals surface area contributed by atoms with E-state index < -0.39 is 0 Å². The molecule has 0 aliphatic heterocycles. The number of hydrogen-bond donors (Lipinski definition) is 1. The van der Waals surface area contributed by atoms with E-state index >= 15 is 0 Å². The molecule has 0 bridgehead atoms. The smallest absolute Gasteiger partial charge is 0.165 e. The molecule has 2 aromatic rings. The summed E-state index contributed by atoms with van der Waals surface area (Å²) >= 11 is 0. The lowest BCUT2D eigenvalue weighted by molar-refractivity contribution is 0.475. The van der Waals surface area contributed by atoms with Crippen molar-refractivity contribution in [3.05, 3.63) is 42.0 Å². The topological polar surface area (TPSA) is 39.1 Å². The van der Waals surface area contributed by atoms with Crippen molar-refractivity contribution in [2.24, 2.45) is 7.05 Å². The first-order valence-electron chi connectivity index (χ1n) is 5.28. The Morgan fingerprint density at radius 3 is 2.82 bits per heavy atom. The van der Waals surface area contributed by atoms with Crippen molar-refractivity contribution in [3.63, 3.8) is 0 Å². The normalized spacial score (nSPS) is 10.5. The fourth-order valence-corrected chi connectivity index (χ4v) is 1.57. The van der Waals surface area contributed by atoms with Gasteiger partial charge in [0.15, 0.2) is 5.75 Å². The van der Waals surface area contributed by atoms with Crippen molar-refractivity contribution in [2.75, 3.05) is 7.05 Å². The summed E-state index contributed by atoms with van der Waals surface area (Å²) < 4.78 is 20.5. The summed E-state index contributed by atoms with van der Waals surface area (Å²) in [5.74, 6) is 0.758. The van der Waals surface area contributed by atoms with Crippen LogP contribution < -0.4 is 10.1 Å². The number of hydrogen-bond acceptors (Lipinski definition) is 3. The molecule has 90 valence electrons. The Balaban J connectivity index is 2.20. The molecule has 0 radical (unpaired) electrons. The monoisotopic (exact) mass is 235 g/mol. The molecule has 2 rings (SSSR count). The molecule has 1 aromatic carbocycles. The molecule has 0 amide bonds. The van der Waals surface area contributed by atoms with Crippen LogP contribution in [0.4, 0.5) is 4.39 Å². The van der Waals surface area contributed by atoms with E-state index in [1.54, 1.807) is 30.2 Å². The maximum absolute atomic E-state index is 13.3. The minimum Gasteiger partial charge on any atom is -0.454 e. The number of nitrogens with one attached hydrogen (secondary N) is 1. The summed E-state index contributed by atoms with van der Waals surface area (Å²) in [6.45, 7) is 0.598. The zero-order chi connectivity index (χ0) is 12.3. The lowest BCUT2D eigenvalue weighted by Crippen LogP contribution is -2.05. The summed E-state index contributed by atoms with van der Waals surface area (Å²) in [4.78, 5) is 0. The van der Waals surface area contributed by atoms with Gasteiger partial charge >= 0.3 is 0 Å². The molecule has 5 heteroatoms. The van der Waals surface area contributed by atoms with Crippen LogP contribution in [0, 0.1) is 5.82 Å². The summed E-state index contributed by atoms with van der Waals surface area (Å²) in [6.07, 6.45) is 3.31. The van der Waals surface area contributed by atoms with E-state index in [-0.39, 0.29) is 5.82 Å². The van der Waals surface area contributed by atoms with Crippen molar-refractivity contribution in [3.8, 4) is 11.5 Å². The van der Waals surface area contributed by atoms with Gasteiger partial charge < -0.3 is 10.1 Å². The Morgan fingerprint density at radius 2 is 2.18 bits per heavy atom. The summed E-state index contributed by atoms with van der Waals surface area (Å²) in [7, 11) is 3.61. The highest BCUT2D eigenvalue weighted by molar-refractivity contribution is 5.33. The zero-order valence-corrected chi connectivity index (χ0v) is 9.77. The fourth-order valence-electron chi connectivity index (χ4n) is 1.57. The molecule has 0 saturated carbocycles. The highest BCUT2D eigenvalue weighted by atomic mass is 19.1. The summed E-state index contributed by atoms with van der Waals surface area (Å²) in [6, 6.07) is 4.63. The molecule has 1 aromatic heterocycles. The van der Waals surface area contributed by atoms with E-state index in [4.69, 9.17) is 4.74 Å². The number of ether oxygens (including phenoxy) is 1. The molecule has 1 N–H and O–H groups in total. The maximum atomic E-state index is 13.3. The first-order chi connectivity index (χ1) is 8.17. The largest absolute Gasteiger partial charge is 0.454 e. The molecule has 0 unspecified atom stereocenters. The van der Waals surface area contributed by atoms with Crippen molar-refractivity contribution < 1.29 is 9.13 Å². The molecule has 17 heavy (non-hydrogen) atoms. The van der Waals surface area contributed by atoms with Gasteiger partial charge in [-0.25, -0.2) is 4.39 Å². The number of aryl methyl sites for hydroxylation is 1. The van der Waals surface area contributed by atoms with Crippen LogP contribution in [0.25, 0.3) is 0 Å². The van der Waals surface area contributed by atoms with E-state index in [0.29, 0.717) is 18.0 Å².